The Bertz CT molecular complexity index is 503. The van der Waals surface area contributed by atoms with Crippen molar-refractivity contribution in [3.8, 4) is 0 Å². The monoisotopic (exact) mass is 323 g/mol. The molecule has 0 aliphatic carbocycles. The van der Waals surface area contributed by atoms with Gasteiger partial charge < -0.3 is 25.0 Å². The van der Waals surface area contributed by atoms with Crippen LogP contribution in [0.4, 0.5) is 19.0 Å². The van der Waals surface area contributed by atoms with E-state index in [4.69, 9.17) is 9.47 Å². The molecule has 0 aromatic carbocycles. The molecule has 0 saturated carbocycles. The predicted molar refractivity (Wildman–Crippen MR) is 68.1 cm³/mol. The van der Waals surface area contributed by atoms with Crippen molar-refractivity contribution in [1.82, 2.24) is 9.97 Å². The lowest BCUT2D eigenvalue weighted by Gasteiger charge is -2.37. The normalized spacial score (nSPS) is 29.4. The highest BCUT2D eigenvalue weighted by Gasteiger charge is 2.39. The van der Waals surface area contributed by atoms with Crippen LogP contribution in [0.1, 0.15) is 5.69 Å². The average Bonchev–Trinajstić information content (AvgIpc) is 2.46. The summed E-state index contributed by atoms with van der Waals surface area (Å²) in [6, 6.07) is -0.819. The number of rotatable bonds is 4. The summed E-state index contributed by atoms with van der Waals surface area (Å²) in [5, 5.41) is 22.5. The first-order valence-corrected chi connectivity index (χ1v) is 6.45. The molecule has 2 heterocycles. The van der Waals surface area contributed by atoms with E-state index < -0.39 is 36.2 Å². The summed E-state index contributed by atoms with van der Waals surface area (Å²) >= 11 is 0. The molecular formula is C12H16F3N3O4. The molecule has 10 heteroatoms. The summed E-state index contributed by atoms with van der Waals surface area (Å²) in [4.78, 5) is 6.84. The molecule has 1 fully saturated rings. The molecule has 2 rings (SSSR count). The zero-order valence-electron chi connectivity index (χ0n) is 11.6. The highest BCUT2D eigenvalue weighted by Crippen LogP contribution is 2.28. The highest BCUT2D eigenvalue weighted by molar-refractivity contribution is 5.34. The van der Waals surface area contributed by atoms with E-state index in [-0.39, 0.29) is 19.0 Å². The molecule has 3 N–H and O–H groups in total. The van der Waals surface area contributed by atoms with Crippen molar-refractivity contribution >= 4 is 5.82 Å². The Labute approximate surface area is 124 Å². The summed E-state index contributed by atoms with van der Waals surface area (Å²) in [7, 11) is 1.42. The lowest BCUT2D eigenvalue weighted by Crippen LogP contribution is -2.56. The molecule has 1 saturated heterocycles. The summed E-state index contributed by atoms with van der Waals surface area (Å²) < 4.78 is 47.8. The smallest absolute Gasteiger partial charge is 0.388 e. The van der Waals surface area contributed by atoms with Gasteiger partial charge in [-0.1, -0.05) is 0 Å². The topological polar surface area (TPSA) is 96.7 Å². The molecule has 1 aromatic heterocycles. The fraction of sp³-hybridized carbons (Fsp3) is 0.667. The van der Waals surface area contributed by atoms with Crippen molar-refractivity contribution in [2.45, 2.75) is 30.5 Å². The average molecular weight is 323 g/mol. The second-order valence-corrected chi connectivity index (χ2v) is 4.85. The molecule has 4 atom stereocenters. The van der Waals surface area contributed by atoms with Gasteiger partial charge in [-0.25, -0.2) is 4.98 Å². The van der Waals surface area contributed by atoms with Gasteiger partial charge in [0.15, 0.2) is 5.69 Å². The van der Waals surface area contributed by atoms with Gasteiger partial charge in [-0.3, -0.25) is 4.98 Å². The molecule has 0 bridgehead atoms. The minimum atomic E-state index is -4.62. The van der Waals surface area contributed by atoms with Gasteiger partial charge >= 0.3 is 6.18 Å². The molecule has 0 spiro atoms. The van der Waals surface area contributed by atoms with Crippen LogP contribution in [0.2, 0.25) is 0 Å². The molecule has 1 aromatic rings. The molecule has 124 valence electrons. The van der Waals surface area contributed by atoms with E-state index in [0.29, 0.717) is 6.20 Å². The van der Waals surface area contributed by atoms with E-state index in [0.717, 1.165) is 6.20 Å². The molecule has 0 amide bonds. The summed E-state index contributed by atoms with van der Waals surface area (Å²) in [5.74, 6) is -0.167. The molecule has 1 aliphatic heterocycles. The van der Waals surface area contributed by atoms with Gasteiger partial charge in [0.1, 0.15) is 24.1 Å². The van der Waals surface area contributed by atoms with Gasteiger partial charge in [0.05, 0.1) is 31.6 Å². The number of aliphatic hydroxyl groups excluding tert-OH is 2. The van der Waals surface area contributed by atoms with Crippen molar-refractivity contribution < 1.29 is 32.9 Å². The zero-order valence-corrected chi connectivity index (χ0v) is 11.6. The molecule has 1 aliphatic rings. The second-order valence-electron chi connectivity index (χ2n) is 4.85. The van der Waals surface area contributed by atoms with Gasteiger partial charge in [0.2, 0.25) is 0 Å². The van der Waals surface area contributed by atoms with Crippen molar-refractivity contribution in [2.75, 3.05) is 25.6 Å². The lowest BCUT2D eigenvalue weighted by molar-refractivity contribution is -0.156. The number of aromatic nitrogens is 2. The Hall–Kier alpha value is -1.49. The maximum absolute atomic E-state index is 12.6. The minimum absolute atomic E-state index is 0.0236. The van der Waals surface area contributed by atoms with Crippen molar-refractivity contribution in [2.24, 2.45) is 0 Å². The molecular weight excluding hydrogens is 307 g/mol. The van der Waals surface area contributed by atoms with Crippen LogP contribution in [0.25, 0.3) is 0 Å². The van der Waals surface area contributed by atoms with E-state index in [2.05, 4.69) is 15.3 Å². The van der Waals surface area contributed by atoms with Gasteiger partial charge in [-0.15, -0.1) is 0 Å². The largest absolute Gasteiger partial charge is 0.434 e. The van der Waals surface area contributed by atoms with E-state index >= 15 is 0 Å². The molecule has 22 heavy (non-hydrogen) atoms. The second kappa shape index (κ2) is 6.73. The summed E-state index contributed by atoms with van der Waals surface area (Å²) in [6.45, 7) is 0.0679. The number of hydrogen-bond acceptors (Lipinski definition) is 7. The number of ether oxygens (including phenoxy) is 2. The quantitative estimate of drug-likeness (QED) is 0.720. The van der Waals surface area contributed by atoms with Crippen molar-refractivity contribution in [3.63, 3.8) is 0 Å². The van der Waals surface area contributed by atoms with Crippen LogP contribution < -0.4 is 5.32 Å². The van der Waals surface area contributed by atoms with Gasteiger partial charge in [0, 0.05) is 7.11 Å². The van der Waals surface area contributed by atoms with E-state index in [9.17, 15) is 23.4 Å². The number of anilines is 1. The number of nitrogens with zero attached hydrogens (tertiary/aromatic N) is 2. The number of alkyl halides is 3. The first-order valence-electron chi connectivity index (χ1n) is 6.45. The predicted octanol–water partition coefficient (Wildman–Crippen LogP) is 0.0429. The van der Waals surface area contributed by atoms with E-state index in [1.165, 1.54) is 7.11 Å². The minimum Gasteiger partial charge on any atom is -0.388 e. The van der Waals surface area contributed by atoms with Crippen molar-refractivity contribution in [1.29, 1.82) is 0 Å². The Morgan fingerprint density at radius 2 is 2.09 bits per heavy atom. The first kappa shape index (κ1) is 16.9. The van der Waals surface area contributed by atoms with Gasteiger partial charge in [0.25, 0.3) is 0 Å². The molecule has 0 radical (unpaired) electrons. The third-order valence-electron chi connectivity index (χ3n) is 3.22. The van der Waals surface area contributed by atoms with Crippen LogP contribution in [0.15, 0.2) is 12.4 Å². The Kier molecular flexibility index (Phi) is 5.16. The SMILES string of the molecule is COC[C@H]1OC[C@H](Nc2cncc(C(F)(F)F)n2)[C@@H](O)[C@H]1O. The lowest BCUT2D eigenvalue weighted by atomic mass is 9.98. The van der Waals surface area contributed by atoms with Crippen LogP contribution in [0, 0.1) is 0 Å². The number of methoxy groups -OCH3 is 1. The Morgan fingerprint density at radius 3 is 2.73 bits per heavy atom. The number of aliphatic hydroxyl groups is 2. The van der Waals surface area contributed by atoms with Crippen LogP contribution >= 0.6 is 0 Å². The van der Waals surface area contributed by atoms with Crippen LogP contribution in [0.3, 0.4) is 0 Å². The van der Waals surface area contributed by atoms with Crippen LogP contribution in [0.5, 0.6) is 0 Å². The molecule has 7 nitrogen and oxygen atoms in total. The first-order chi connectivity index (χ1) is 10.3. The Balaban J connectivity index is 2.05. The molecule has 0 unspecified atom stereocenters. The number of hydrogen-bond donors (Lipinski definition) is 3. The van der Waals surface area contributed by atoms with Gasteiger partial charge in [-0.05, 0) is 0 Å². The number of nitrogens with one attached hydrogen (secondary N) is 1. The third kappa shape index (κ3) is 3.83. The summed E-state index contributed by atoms with van der Waals surface area (Å²) in [5.41, 5.74) is -1.15. The maximum atomic E-state index is 12.6. The maximum Gasteiger partial charge on any atom is 0.434 e. The fourth-order valence-electron chi connectivity index (χ4n) is 2.08. The third-order valence-corrected chi connectivity index (χ3v) is 3.22. The van der Waals surface area contributed by atoms with Crippen LogP contribution in [-0.2, 0) is 15.7 Å². The van der Waals surface area contributed by atoms with Gasteiger partial charge in [-0.2, -0.15) is 13.2 Å². The highest BCUT2D eigenvalue weighted by atomic mass is 19.4. The van der Waals surface area contributed by atoms with E-state index in [1.807, 2.05) is 0 Å². The van der Waals surface area contributed by atoms with Crippen molar-refractivity contribution in [3.05, 3.63) is 18.1 Å². The number of halogens is 3. The zero-order chi connectivity index (χ0) is 16.3. The standard InChI is InChI=1S/C12H16F3N3O4/c1-21-5-7-11(20)10(19)6(4-22-7)17-9-3-16-2-8(18-9)12(13,14)15/h2-3,6-7,10-11,19-20H,4-5H2,1H3,(H,17,18)/t6-,7+,10+,11-/m0/s1. The summed E-state index contributed by atoms with van der Waals surface area (Å²) in [6.07, 6.45) is -6.10. The van der Waals surface area contributed by atoms with E-state index in [1.54, 1.807) is 0 Å². The van der Waals surface area contributed by atoms with Crippen LogP contribution in [-0.4, -0.2) is 64.9 Å². The Morgan fingerprint density at radius 1 is 1.36 bits per heavy atom. The fourth-order valence-corrected chi connectivity index (χ4v) is 2.08.